The molecule has 0 N–H and O–H groups in total. The van der Waals surface area contributed by atoms with Crippen LogP contribution in [0.2, 0.25) is 0 Å². The van der Waals surface area contributed by atoms with Gasteiger partial charge in [-0.15, -0.1) is 0 Å². The lowest BCUT2D eigenvalue weighted by atomic mass is 10.1. The normalized spacial score (nSPS) is 9.95. The van der Waals surface area contributed by atoms with E-state index in [9.17, 15) is 0 Å². The zero-order valence-corrected chi connectivity index (χ0v) is 12.3. The molecule has 0 saturated carbocycles. The van der Waals surface area contributed by atoms with Crippen molar-refractivity contribution < 1.29 is 4.74 Å². The first-order valence-corrected chi connectivity index (χ1v) is 6.79. The molecule has 0 unspecified atom stereocenters. The largest absolute Gasteiger partial charge is 0.497 e. The molecule has 1 heterocycles. The van der Waals surface area contributed by atoms with Crippen molar-refractivity contribution in [3.05, 3.63) is 47.9 Å². The van der Waals surface area contributed by atoms with Gasteiger partial charge in [0.2, 0.25) is 0 Å². The number of nitriles is 1. The molecule has 0 amide bonds. The third kappa shape index (κ3) is 3.93. The average Bonchev–Trinajstić information content (AvgIpc) is 2.55. The average molecular weight is 282 g/mol. The summed E-state index contributed by atoms with van der Waals surface area (Å²) in [7, 11) is 3.59. The van der Waals surface area contributed by atoms with Gasteiger partial charge in [0.15, 0.2) is 11.5 Å². The maximum atomic E-state index is 9.03. The van der Waals surface area contributed by atoms with E-state index in [1.54, 1.807) is 13.3 Å². The molecule has 108 valence electrons. The number of nitrogens with zero attached hydrogens (tertiary/aromatic N) is 4. The van der Waals surface area contributed by atoms with Gasteiger partial charge in [0.1, 0.15) is 11.8 Å². The van der Waals surface area contributed by atoms with Gasteiger partial charge in [-0.3, -0.25) is 0 Å². The summed E-state index contributed by atoms with van der Waals surface area (Å²) in [6, 6.07) is 10.1. The number of anilines is 1. The van der Waals surface area contributed by atoms with Crippen LogP contribution in [-0.2, 0) is 6.42 Å². The molecule has 0 aliphatic rings. The monoisotopic (exact) mass is 282 g/mol. The molecule has 0 saturated heterocycles. The van der Waals surface area contributed by atoms with Crippen molar-refractivity contribution in [2.75, 3.05) is 25.6 Å². The number of benzene rings is 1. The van der Waals surface area contributed by atoms with Crippen molar-refractivity contribution in [2.24, 2.45) is 0 Å². The van der Waals surface area contributed by atoms with Crippen molar-refractivity contribution in [2.45, 2.75) is 12.8 Å². The zero-order chi connectivity index (χ0) is 15.1. The smallest absolute Gasteiger partial charge is 0.183 e. The van der Waals surface area contributed by atoms with Crippen molar-refractivity contribution in [1.29, 1.82) is 5.26 Å². The molecule has 1 aromatic heterocycles. The number of hydrogen-bond donors (Lipinski definition) is 0. The fraction of sp³-hybridized carbons (Fsp3) is 0.312. The van der Waals surface area contributed by atoms with Crippen LogP contribution in [0.5, 0.6) is 5.75 Å². The lowest BCUT2D eigenvalue weighted by Crippen LogP contribution is -2.21. The molecule has 0 aliphatic heterocycles. The molecule has 0 spiro atoms. The van der Waals surface area contributed by atoms with Crippen LogP contribution in [0.15, 0.2) is 36.7 Å². The van der Waals surface area contributed by atoms with Crippen molar-refractivity contribution in [1.82, 2.24) is 9.97 Å². The predicted octanol–water partition coefficient (Wildman–Crippen LogP) is 2.43. The van der Waals surface area contributed by atoms with E-state index < -0.39 is 0 Å². The van der Waals surface area contributed by atoms with Gasteiger partial charge in [0.05, 0.1) is 7.11 Å². The van der Waals surface area contributed by atoms with Crippen LogP contribution in [0.4, 0.5) is 5.82 Å². The molecule has 0 fully saturated rings. The fourth-order valence-corrected chi connectivity index (χ4v) is 2.11. The molecule has 0 aliphatic carbocycles. The van der Waals surface area contributed by atoms with Gasteiger partial charge in [0, 0.05) is 26.0 Å². The summed E-state index contributed by atoms with van der Waals surface area (Å²) in [6.07, 6.45) is 5.09. The minimum atomic E-state index is 0.365. The SMILES string of the molecule is COc1ccc(CCCN(C)c2nccnc2C#N)cc1. The highest BCUT2D eigenvalue weighted by Gasteiger charge is 2.09. The maximum absolute atomic E-state index is 9.03. The summed E-state index contributed by atoms with van der Waals surface area (Å²) in [5.74, 6) is 1.50. The summed E-state index contributed by atoms with van der Waals surface area (Å²) in [5.41, 5.74) is 1.63. The lowest BCUT2D eigenvalue weighted by molar-refractivity contribution is 0.414. The molecule has 2 rings (SSSR count). The first-order chi connectivity index (χ1) is 10.2. The second kappa shape index (κ2) is 7.25. The number of aromatic nitrogens is 2. The second-order valence-corrected chi connectivity index (χ2v) is 4.71. The first-order valence-electron chi connectivity index (χ1n) is 6.79. The molecule has 1 aromatic carbocycles. The maximum Gasteiger partial charge on any atom is 0.183 e. The van der Waals surface area contributed by atoms with Crippen LogP contribution < -0.4 is 9.64 Å². The van der Waals surface area contributed by atoms with E-state index >= 15 is 0 Å². The molecule has 0 atom stereocenters. The Hall–Kier alpha value is -2.61. The minimum Gasteiger partial charge on any atom is -0.497 e. The zero-order valence-electron chi connectivity index (χ0n) is 12.3. The van der Waals surface area contributed by atoms with Crippen molar-refractivity contribution >= 4 is 5.82 Å². The summed E-state index contributed by atoms with van der Waals surface area (Å²) in [6.45, 7) is 0.819. The number of methoxy groups -OCH3 is 1. The van der Waals surface area contributed by atoms with Gasteiger partial charge in [-0.1, -0.05) is 12.1 Å². The number of hydrogen-bond acceptors (Lipinski definition) is 5. The molecule has 5 nitrogen and oxygen atoms in total. The summed E-state index contributed by atoms with van der Waals surface area (Å²) in [4.78, 5) is 10.2. The van der Waals surface area contributed by atoms with E-state index in [0.717, 1.165) is 25.1 Å². The Kier molecular flexibility index (Phi) is 5.10. The standard InChI is InChI=1S/C16H18N4O/c1-20(16-15(12-17)18-9-10-19-16)11-3-4-13-5-7-14(21-2)8-6-13/h5-10H,3-4,11H2,1-2H3. The van der Waals surface area contributed by atoms with Crippen LogP contribution in [0.3, 0.4) is 0 Å². The van der Waals surface area contributed by atoms with Crippen molar-refractivity contribution in [3.63, 3.8) is 0 Å². The van der Waals surface area contributed by atoms with E-state index in [0.29, 0.717) is 11.5 Å². The number of rotatable bonds is 6. The highest BCUT2D eigenvalue weighted by molar-refractivity contribution is 5.48. The van der Waals surface area contributed by atoms with Gasteiger partial charge in [0.25, 0.3) is 0 Å². The van der Waals surface area contributed by atoms with E-state index in [1.165, 1.54) is 11.8 Å². The Bertz CT molecular complexity index is 619. The quantitative estimate of drug-likeness (QED) is 0.814. The van der Waals surface area contributed by atoms with Crippen LogP contribution in [-0.4, -0.2) is 30.7 Å². The van der Waals surface area contributed by atoms with Crippen LogP contribution in [0, 0.1) is 11.3 Å². The Morgan fingerprint density at radius 2 is 1.90 bits per heavy atom. The third-order valence-corrected chi connectivity index (χ3v) is 3.26. The highest BCUT2D eigenvalue weighted by Crippen LogP contribution is 2.15. The topological polar surface area (TPSA) is 62.0 Å². The van der Waals surface area contributed by atoms with E-state index in [4.69, 9.17) is 10.00 Å². The predicted molar refractivity (Wildman–Crippen MR) is 81.3 cm³/mol. The summed E-state index contributed by atoms with van der Waals surface area (Å²) >= 11 is 0. The number of ether oxygens (including phenoxy) is 1. The summed E-state index contributed by atoms with van der Waals surface area (Å²) in [5, 5.41) is 9.03. The molecule has 5 heteroatoms. The van der Waals surface area contributed by atoms with Gasteiger partial charge in [-0.2, -0.15) is 5.26 Å². The number of aryl methyl sites for hydroxylation is 1. The fourth-order valence-electron chi connectivity index (χ4n) is 2.11. The molecule has 0 bridgehead atoms. The van der Waals surface area contributed by atoms with Gasteiger partial charge < -0.3 is 9.64 Å². The van der Waals surface area contributed by atoms with E-state index in [1.807, 2.05) is 24.1 Å². The Morgan fingerprint density at radius 1 is 1.19 bits per heavy atom. The molecule has 2 aromatic rings. The molecular weight excluding hydrogens is 264 g/mol. The highest BCUT2D eigenvalue weighted by atomic mass is 16.5. The van der Waals surface area contributed by atoms with E-state index in [2.05, 4.69) is 28.2 Å². The van der Waals surface area contributed by atoms with Gasteiger partial charge in [-0.05, 0) is 30.5 Å². The minimum absolute atomic E-state index is 0.365. The second-order valence-electron chi connectivity index (χ2n) is 4.71. The van der Waals surface area contributed by atoms with Crippen molar-refractivity contribution in [3.8, 4) is 11.8 Å². The summed E-state index contributed by atoms with van der Waals surface area (Å²) < 4.78 is 5.14. The third-order valence-electron chi connectivity index (χ3n) is 3.26. The first kappa shape index (κ1) is 14.8. The van der Waals surface area contributed by atoms with Gasteiger partial charge in [-0.25, -0.2) is 9.97 Å². The molecular formula is C16H18N4O. The van der Waals surface area contributed by atoms with Crippen LogP contribution in [0.1, 0.15) is 17.7 Å². The Labute approximate surface area is 124 Å². The van der Waals surface area contributed by atoms with Gasteiger partial charge >= 0.3 is 0 Å². The molecule has 21 heavy (non-hydrogen) atoms. The van der Waals surface area contributed by atoms with Crippen LogP contribution in [0.25, 0.3) is 0 Å². The Balaban J connectivity index is 1.89. The Morgan fingerprint density at radius 3 is 2.57 bits per heavy atom. The van der Waals surface area contributed by atoms with E-state index in [-0.39, 0.29) is 0 Å². The molecule has 0 radical (unpaired) electrons. The van der Waals surface area contributed by atoms with Crippen LogP contribution >= 0.6 is 0 Å². The lowest BCUT2D eigenvalue weighted by Gasteiger charge is -2.18.